The lowest BCUT2D eigenvalue weighted by Crippen LogP contribution is -2.46. The number of aromatic nitrogens is 2. The highest BCUT2D eigenvalue weighted by atomic mass is 15.3. The van der Waals surface area contributed by atoms with Gasteiger partial charge in [0.1, 0.15) is 12.0 Å². The molecule has 118 valence electrons. The number of nitrogens with one attached hydrogen (secondary N) is 1. The zero-order valence-electron chi connectivity index (χ0n) is 13.5. The SMILES string of the molecule is CCN1CCN(c2ncnc(NCCC(C)C)c2N)CC1. The minimum atomic E-state index is 0.669. The van der Waals surface area contributed by atoms with Gasteiger partial charge in [0, 0.05) is 32.7 Å². The van der Waals surface area contributed by atoms with E-state index in [1.54, 1.807) is 6.33 Å². The van der Waals surface area contributed by atoms with Crippen molar-refractivity contribution in [2.75, 3.05) is 55.2 Å². The predicted octanol–water partition coefficient (Wildman–Crippen LogP) is 1.66. The van der Waals surface area contributed by atoms with Gasteiger partial charge in [-0.3, -0.25) is 0 Å². The minimum absolute atomic E-state index is 0.669. The first-order valence-electron chi connectivity index (χ1n) is 7.93. The molecule has 1 aliphatic rings. The Morgan fingerprint density at radius 3 is 2.57 bits per heavy atom. The molecule has 0 aromatic carbocycles. The van der Waals surface area contributed by atoms with Crippen LogP contribution < -0.4 is 16.0 Å². The number of nitrogen functional groups attached to an aromatic ring is 1. The lowest BCUT2D eigenvalue weighted by atomic mass is 10.1. The molecule has 1 fully saturated rings. The first-order valence-corrected chi connectivity index (χ1v) is 7.93. The molecule has 0 bridgehead atoms. The van der Waals surface area contributed by atoms with E-state index in [1.807, 2.05) is 0 Å². The Bertz CT molecular complexity index is 440. The van der Waals surface area contributed by atoms with Crippen molar-refractivity contribution in [2.24, 2.45) is 5.92 Å². The van der Waals surface area contributed by atoms with Crippen LogP contribution in [0, 0.1) is 5.92 Å². The van der Waals surface area contributed by atoms with Gasteiger partial charge in [0.2, 0.25) is 0 Å². The molecule has 0 spiro atoms. The maximum absolute atomic E-state index is 6.26. The predicted molar refractivity (Wildman–Crippen MR) is 88.7 cm³/mol. The van der Waals surface area contributed by atoms with Gasteiger partial charge in [0.15, 0.2) is 11.6 Å². The van der Waals surface area contributed by atoms with Crippen LogP contribution in [0.1, 0.15) is 27.2 Å². The van der Waals surface area contributed by atoms with Crippen LogP contribution in [0.15, 0.2) is 6.33 Å². The van der Waals surface area contributed by atoms with Gasteiger partial charge in [-0.05, 0) is 18.9 Å². The summed E-state index contributed by atoms with van der Waals surface area (Å²) in [5, 5.41) is 3.33. The summed E-state index contributed by atoms with van der Waals surface area (Å²) in [5.74, 6) is 2.30. The van der Waals surface area contributed by atoms with Crippen LogP contribution in [0.2, 0.25) is 0 Å². The van der Waals surface area contributed by atoms with Crippen molar-refractivity contribution >= 4 is 17.3 Å². The number of likely N-dealkylation sites (N-methyl/N-ethyl adjacent to an activating group) is 1. The van der Waals surface area contributed by atoms with Crippen molar-refractivity contribution in [1.29, 1.82) is 0 Å². The summed E-state index contributed by atoms with van der Waals surface area (Å²) >= 11 is 0. The molecule has 1 saturated heterocycles. The topological polar surface area (TPSA) is 70.3 Å². The largest absolute Gasteiger partial charge is 0.393 e. The van der Waals surface area contributed by atoms with Crippen LogP contribution in [-0.4, -0.2) is 54.1 Å². The van der Waals surface area contributed by atoms with Gasteiger partial charge in [-0.1, -0.05) is 20.8 Å². The molecule has 3 N–H and O–H groups in total. The third kappa shape index (κ3) is 4.20. The second-order valence-corrected chi connectivity index (χ2v) is 5.99. The summed E-state index contributed by atoms with van der Waals surface area (Å²) < 4.78 is 0. The van der Waals surface area contributed by atoms with E-state index >= 15 is 0 Å². The van der Waals surface area contributed by atoms with Gasteiger partial charge in [0.05, 0.1) is 0 Å². The van der Waals surface area contributed by atoms with Gasteiger partial charge in [0.25, 0.3) is 0 Å². The lowest BCUT2D eigenvalue weighted by molar-refractivity contribution is 0.270. The van der Waals surface area contributed by atoms with Gasteiger partial charge in [-0.15, -0.1) is 0 Å². The van der Waals surface area contributed by atoms with Crippen molar-refractivity contribution in [3.8, 4) is 0 Å². The molecule has 0 atom stereocenters. The summed E-state index contributed by atoms with van der Waals surface area (Å²) in [6.45, 7) is 12.7. The first-order chi connectivity index (χ1) is 10.1. The van der Waals surface area contributed by atoms with E-state index in [0.29, 0.717) is 11.6 Å². The summed E-state index contributed by atoms with van der Waals surface area (Å²) in [4.78, 5) is 13.4. The monoisotopic (exact) mass is 292 g/mol. The number of hydrogen-bond acceptors (Lipinski definition) is 6. The standard InChI is InChI=1S/C15H28N6/c1-4-20-7-9-21(10-8-20)15-13(16)14(18-11-19-15)17-6-5-12(2)3/h11-12H,4-10,16H2,1-3H3,(H,17,18,19). The second kappa shape index (κ2) is 7.45. The molecule has 2 heterocycles. The van der Waals surface area contributed by atoms with E-state index in [9.17, 15) is 0 Å². The molecule has 6 heteroatoms. The molecule has 2 rings (SSSR count). The fourth-order valence-corrected chi connectivity index (χ4v) is 2.53. The number of nitrogens with zero attached hydrogens (tertiary/aromatic N) is 4. The van der Waals surface area contributed by atoms with Crippen LogP contribution in [0.25, 0.3) is 0 Å². The quantitative estimate of drug-likeness (QED) is 0.831. The number of nitrogens with two attached hydrogens (primary N) is 1. The van der Waals surface area contributed by atoms with Crippen LogP contribution >= 0.6 is 0 Å². The molecule has 6 nitrogen and oxygen atoms in total. The summed E-state index contributed by atoms with van der Waals surface area (Å²) in [6, 6.07) is 0. The Labute approximate surface area is 127 Å². The maximum Gasteiger partial charge on any atom is 0.157 e. The van der Waals surface area contributed by atoms with E-state index < -0.39 is 0 Å². The third-order valence-corrected chi connectivity index (χ3v) is 4.00. The Kier molecular flexibility index (Phi) is 5.61. The Morgan fingerprint density at radius 1 is 1.24 bits per heavy atom. The fourth-order valence-electron chi connectivity index (χ4n) is 2.53. The first kappa shape index (κ1) is 15.8. The minimum Gasteiger partial charge on any atom is -0.393 e. The highest BCUT2D eigenvalue weighted by molar-refractivity contribution is 5.74. The Balaban J connectivity index is 2.00. The molecule has 0 amide bonds. The van der Waals surface area contributed by atoms with E-state index in [-0.39, 0.29) is 0 Å². The third-order valence-electron chi connectivity index (χ3n) is 4.00. The van der Waals surface area contributed by atoms with Crippen molar-refractivity contribution in [3.05, 3.63) is 6.33 Å². The van der Waals surface area contributed by atoms with E-state index in [2.05, 4.69) is 45.9 Å². The molecule has 1 aromatic rings. The fraction of sp³-hybridized carbons (Fsp3) is 0.733. The summed E-state index contributed by atoms with van der Waals surface area (Å²) in [6.07, 6.45) is 2.71. The summed E-state index contributed by atoms with van der Waals surface area (Å²) in [7, 11) is 0. The normalized spacial score (nSPS) is 16.5. The Morgan fingerprint density at radius 2 is 1.95 bits per heavy atom. The number of piperazine rings is 1. The zero-order valence-corrected chi connectivity index (χ0v) is 13.5. The molecule has 21 heavy (non-hydrogen) atoms. The molecule has 0 unspecified atom stereocenters. The average Bonchev–Trinajstić information content (AvgIpc) is 2.49. The van der Waals surface area contributed by atoms with Crippen molar-refractivity contribution in [1.82, 2.24) is 14.9 Å². The Hall–Kier alpha value is -1.56. The van der Waals surface area contributed by atoms with E-state index in [0.717, 1.165) is 57.3 Å². The van der Waals surface area contributed by atoms with E-state index in [4.69, 9.17) is 5.73 Å². The summed E-state index contributed by atoms with van der Waals surface area (Å²) in [5.41, 5.74) is 6.93. The van der Waals surface area contributed by atoms with Crippen LogP contribution in [0.3, 0.4) is 0 Å². The zero-order chi connectivity index (χ0) is 15.2. The number of rotatable bonds is 6. The number of hydrogen-bond donors (Lipinski definition) is 2. The molecular weight excluding hydrogens is 264 g/mol. The molecule has 0 saturated carbocycles. The smallest absolute Gasteiger partial charge is 0.157 e. The van der Waals surface area contributed by atoms with Gasteiger partial charge in [-0.25, -0.2) is 9.97 Å². The average molecular weight is 292 g/mol. The molecular formula is C15H28N6. The lowest BCUT2D eigenvalue weighted by Gasteiger charge is -2.35. The highest BCUT2D eigenvalue weighted by Gasteiger charge is 2.20. The van der Waals surface area contributed by atoms with Crippen molar-refractivity contribution in [2.45, 2.75) is 27.2 Å². The second-order valence-electron chi connectivity index (χ2n) is 5.99. The molecule has 1 aromatic heterocycles. The van der Waals surface area contributed by atoms with Crippen LogP contribution in [-0.2, 0) is 0 Å². The van der Waals surface area contributed by atoms with Crippen LogP contribution in [0.5, 0.6) is 0 Å². The highest BCUT2D eigenvalue weighted by Crippen LogP contribution is 2.26. The van der Waals surface area contributed by atoms with E-state index in [1.165, 1.54) is 0 Å². The molecule has 0 aliphatic carbocycles. The molecule has 1 aliphatic heterocycles. The molecule has 0 radical (unpaired) electrons. The van der Waals surface area contributed by atoms with Crippen LogP contribution in [0.4, 0.5) is 17.3 Å². The van der Waals surface area contributed by atoms with Gasteiger partial charge < -0.3 is 20.9 Å². The van der Waals surface area contributed by atoms with Crippen molar-refractivity contribution < 1.29 is 0 Å². The van der Waals surface area contributed by atoms with Gasteiger partial charge >= 0.3 is 0 Å². The van der Waals surface area contributed by atoms with Gasteiger partial charge in [-0.2, -0.15) is 0 Å². The maximum atomic E-state index is 6.26. The van der Waals surface area contributed by atoms with Crippen molar-refractivity contribution in [3.63, 3.8) is 0 Å². The number of anilines is 3.